The molecule has 0 saturated carbocycles. The second-order valence-electron chi connectivity index (χ2n) is 6.01. The number of nitrogens with zero attached hydrogens (tertiary/aromatic N) is 1. The average molecular weight is 306 g/mol. The van der Waals surface area contributed by atoms with Crippen LogP contribution in [-0.2, 0) is 17.6 Å². The first-order valence-electron chi connectivity index (χ1n) is 8.02. The normalized spacial score (nSPS) is 17.0. The second kappa shape index (κ2) is 5.88. The minimum Gasteiger partial charge on any atom is -0.356 e. The van der Waals surface area contributed by atoms with Crippen molar-refractivity contribution >= 4 is 16.9 Å². The number of nitrogens with one attached hydrogen (secondary N) is 1. The number of carbonyl (C=O) groups excluding carboxylic acids is 1. The standard InChI is InChI=1S/C19H18N2O2/c22-19(12-17-15-9-3-4-11-18(15)23-21-17)20-16-10-5-7-13-6-1-2-8-14(13)16/h1-4,6,8-9,11,16H,5,7,10,12H2,(H,20,22). The third-order valence-electron chi connectivity index (χ3n) is 4.48. The number of fused-ring (bicyclic) bond motifs is 2. The number of amides is 1. The predicted octanol–water partition coefficient (Wildman–Crippen LogP) is 3.56. The number of para-hydroxylation sites is 1. The van der Waals surface area contributed by atoms with Gasteiger partial charge in [0, 0.05) is 5.39 Å². The summed E-state index contributed by atoms with van der Waals surface area (Å²) in [7, 11) is 0. The Balaban J connectivity index is 1.51. The van der Waals surface area contributed by atoms with E-state index < -0.39 is 0 Å². The van der Waals surface area contributed by atoms with Gasteiger partial charge in [0.15, 0.2) is 5.58 Å². The van der Waals surface area contributed by atoms with E-state index in [9.17, 15) is 4.79 Å². The summed E-state index contributed by atoms with van der Waals surface area (Å²) >= 11 is 0. The SMILES string of the molecule is O=C(Cc1noc2ccccc12)NC1CCCc2ccccc21. The number of hydrogen-bond donors (Lipinski definition) is 1. The third-order valence-corrected chi connectivity index (χ3v) is 4.48. The molecule has 4 rings (SSSR count). The van der Waals surface area contributed by atoms with E-state index >= 15 is 0 Å². The predicted molar refractivity (Wildman–Crippen MR) is 88.0 cm³/mol. The van der Waals surface area contributed by atoms with Crippen LogP contribution in [0.1, 0.15) is 35.7 Å². The van der Waals surface area contributed by atoms with Gasteiger partial charge >= 0.3 is 0 Å². The molecule has 4 nitrogen and oxygen atoms in total. The summed E-state index contributed by atoms with van der Waals surface area (Å²) in [6.07, 6.45) is 3.43. The number of hydrogen-bond acceptors (Lipinski definition) is 3. The van der Waals surface area contributed by atoms with Gasteiger partial charge in [0.1, 0.15) is 5.69 Å². The molecular formula is C19H18N2O2. The number of rotatable bonds is 3. The smallest absolute Gasteiger partial charge is 0.226 e. The van der Waals surface area contributed by atoms with Gasteiger partial charge in [-0.25, -0.2) is 0 Å². The molecule has 1 N–H and O–H groups in total. The molecule has 1 unspecified atom stereocenters. The van der Waals surface area contributed by atoms with Crippen molar-refractivity contribution in [3.05, 3.63) is 65.4 Å². The van der Waals surface area contributed by atoms with E-state index in [2.05, 4.69) is 28.7 Å². The highest BCUT2D eigenvalue weighted by Crippen LogP contribution is 2.29. The van der Waals surface area contributed by atoms with E-state index in [1.807, 2.05) is 30.3 Å². The van der Waals surface area contributed by atoms with Crippen molar-refractivity contribution in [2.24, 2.45) is 0 Å². The summed E-state index contributed by atoms with van der Waals surface area (Å²) < 4.78 is 5.27. The molecule has 0 bridgehead atoms. The van der Waals surface area contributed by atoms with Gasteiger partial charge in [-0.05, 0) is 42.5 Å². The summed E-state index contributed by atoms with van der Waals surface area (Å²) in [6, 6.07) is 16.1. The lowest BCUT2D eigenvalue weighted by atomic mass is 9.87. The van der Waals surface area contributed by atoms with Crippen molar-refractivity contribution in [3.8, 4) is 0 Å². The van der Waals surface area contributed by atoms with Crippen molar-refractivity contribution in [1.29, 1.82) is 0 Å². The molecule has 3 aromatic rings. The van der Waals surface area contributed by atoms with Crippen LogP contribution in [0.5, 0.6) is 0 Å². The van der Waals surface area contributed by atoms with Crippen molar-refractivity contribution in [2.45, 2.75) is 31.7 Å². The van der Waals surface area contributed by atoms with Gasteiger partial charge in [-0.3, -0.25) is 4.79 Å². The minimum atomic E-state index is -0.00856. The highest BCUT2D eigenvalue weighted by molar-refractivity contribution is 5.86. The quantitative estimate of drug-likeness (QED) is 0.805. The molecule has 1 atom stereocenters. The minimum absolute atomic E-state index is 0.00856. The van der Waals surface area contributed by atoms with Gasteiger partial charge < -0.3 is 9.84 Å². The van der Waals surface area contributed by atoms with Gasteiger partial charge in [0.2, 0.25) is 5.91 Å². The van der Waals surface area contributed by atoms with Crippen molar-refractivity contribution in [3.63, 3.8) is 0 Å². The summed E-state index contributed by atoms with van der Waals surface area (Å²) in [5, 5.41) is 8.10. The van der Waals surface area contributed by atoms with Crippen LogP contribution in [0.25, 0.3) is 11.0 Å². The average Bonchev–Trinajstić information content (AvgIpc) is 2.98. The maximum absolute atomic E-state index is 12.4. The van der Waals surface area contributed by atoms with E-state index in [-0.39, 0.29) is 18.4 Å². The maximum atomic E-state index is 12.4. The van der Waals surface area contributed by atoms with E-state index in [1.165, 1.54) is 11.1 Å². The molecule has 4 heteroatoms. The van der Waals surface area contributed by atoms with Gasteiger partial charge in [-0.1, -0.05) is 41.6 Å². The van der Waals surface area contributed by atoms with Crippen LogP contribution < -0.4 is 5.32 Å². The first-order valence-corrected chi connectivity index (χ1v) is 8.02. The highest BCUT2D eigenvalue weighted by Gasteiger charge is 2.22. The molecule has 1 aliphatic rings. The summed E-state index contributed by atoms with van der Waals surface area (Å²) in [5.74, 6) is -0.00856. The van der Waals surface area contributed by atoms with Crippen molar-refractivity contribution in [1.82, 2.24) is 10.5 Å². The number of benzene rings is 2. The van der Waals surface area contributed by atoms with Gasteiger partial charge in [-0.2, -0.15) is 0 Å². The molecule has 0 aliphatic heterocycles. The van der Waals surface area contributed by atoms with E-state index in [0.29, 0.717) is 5.69 Å². The molecular weight excluding hydrogens is 288 g/mol. The first-order chi connectivity index (χ1) is 11.3. The Labute approximate surface area is 134 Å². The van der Waals surface area contributed by atoms with Crippen LogP contribution in [-0.4, -0.2) is 11.1 Å². The molecule has 23 heavy (non-hydrogen) atoms. The fourth-order valence-corrected chi connectivity index (χ4v) is 3.37. The molecule has 0 saturated heterocycles. The summed E-state index contributed by atoms with van der Waals surface area (Å²) in [5.41, 5.74) is 4.01. The molecule has 1 aromatic heterocycles. The fourth-order valence-electron chi connectivity index (χ4n) is 3.37. The van der Waals surface area contributed by atoms with Gasteiger partial charge in [0.25, 0.3) is 0 Å². The Morgan fingerprint density at radius 1 is 1.17 bits per heavy atom. The molecule has 1 heterocycles. The molecule has 1 aliphatic carbocycles. The van der Waals surface area contributed by atoms with Crippen molar-refractivity contribution in [2.75, 3.05) is 0 Å². The molecule has 1 amide bonds. The van der Waals surface area contributed by atoms with Crippen LogP contribution >= 0.6 is 0 Å². The second-order valence-corrected chi connectivity index (χ2v) is 6.01. The third kappa shape index (κ3) is 2.72. The monoisotopic (exact) mass is 306 g/mol. The number of aryl methyl sites for hydroxylation is 1. The van der Waals surface area contributed by atoms with Crippen LogP contribution in [0.2, 0.25) is 0 Å². The molecule has 0 radical (unpaired) electrons. The molecule has 2 aromatic carbocycles. The largest absolute Gasteiger partial charge is 0.356 e. The lowest BCUT2D eigenvalue weighted by molar-refractivity contribution is -0.121. The number of carbonyl (C=O) groups is 1. The Kier molecular flexibility index (Phi) is 3.58. The lowest BCUT2D eigenvalue weighted by Crippen LogP contribution is -2.32. The van der Waals surface area contributed by atoms with Crippen LogP contribution in [0.3, 0.4) is 0 Å². The Morgan fingerprint density at radius 2 is 2.00 bits per heavy atom. The van der Waals surface area contributed by atoms with E-state index in [1.54, 1.807) is 0 Å². The first kappa shape index (κ1) is 14.0. The van der Waals surface area contributed by atoms with E-state index in [4.69, 9.17) is 4.52 Å². The Morgan fingerprint density at radius 3 is 2.96 bits per heavy atom. The van der Waals surface area contributed by atoms with Crippen LogP contribution in [0.15, 0.2) is 53.1 Å². The van der Waals surface area contributed by atoms with Crippen molar-refractivity contribution < 1.29 is 9.32 Å². The van der Waals surface area contributed by atoms with Gasteiger partial charge in [-0.15, -0.1) is 0 Å². The molecule has 0 fully saturated rings. The maximum Gasteiger partial charge on any atom is 0.226 e. The van der Waals surface area contributed by atoms with Crippen LogP contribution in [0, 0.1) is 0 Å². The molecule has 116 valence electrons. The van der Waals surface area contributed by atoms with Crippen LogP contribution in [0.4, 0.5) is 0 Å². The topological polar surface area (TPSA) is 55.1 Å². The van der Waals surface area contributed by atoms with Gasteiger partial charge in [0.05, 0.1) is 12.5 Å². The highest BCUT2D eigenvalue weighted by atomic mass is 16.5. The fraction of sp³-hybridized carbons (Fsp3) is 0.263. The lowest BCUT2D eigenvalue weighted by Gasteiger charge is -2.26. The number of aromatic nitrogens is 1. The van der Waals surface area contributed by atoms with E-state index in [0.717, 1.165) is 30.2 Å². The molecule has 0 spiro atoms. The zero-order valence-electron chi connectivity index (χ0n) is 12.8. The summed E-state index contributed by atoms with van der Waals surface area (Å²) in [4.78, 5) is 12.4. The Hall–Kier alpha value is -2.62. The summed E-state index contributed by atoms with van der Waals surface area (Å²) in [6.45, 7) is 0. The Bertz CT molecular complexity index is 853. The zero-order chi connectivity index (χ0) is 15.6. The zero-order valence-corrected chi connectivity index (χ0v) is 12.8.